The number of para-hydroxylation sites is 1. The quantitative estimate of drug-likeness (QED) is 0.0777. The molecule has 2 unspecified atom stereocenters. The molecule has 2 N–H and O–H groups in total. The molecule has 6 heterocycles. The first-order valence-electron chi connectivity index (χ1n) is 41.3. The fourth-order valence-corrected chi connectivity index (χ4v) is 22.1. The lowest BCUT2D eigenvalue weighted by atomic mass is 9.77. The number of allylic oxidation sites excluding steroid dienone is 2. The molecular formula is C86H112N6O17S2. The lowest BCUT2D eigenvalue weighted by Crippen LogP contribution is -2.48. The summed E-state index contributed by atoms with van der Waals surface area (Å²) < 4.78 is 87.1. The molecular weight excluding hydrogens is 1450 g/mol. The Balaban J connectivity index is 0.000000185. The monoisotopic (exact) mass is 1560 g/mol. The van der Waals surface area contributed by atoms with Crippen LogP contribution < -0.4 is 23.7 Å². The van der Waals surface area contributed by atoms with Crippen molar-refractivity contribution < 1.29 is 78.9 Å². The molecule has 2 aromatic carbocycles. The number of hydrogen-bond acceptors (Lipinski definition) is 19. The van der Waals surface area contributed by atoms with Crippen LogP contribution in [-0.2, 0) is 80.7 Å². The van der Waals surface area contributed by atoms with E-state index in [0.717, 1.165) is 155 Å². The number of benzene rings is 2. The third-order valence-corrected chi connectivity index (χ3v) is 30.1. The molecule has 2 saturated heterocycles. The van der Waals surface area contributed by atoms with Gasteiger partial charge < -0.3 is 33.5 Å². The molecule has 111 heavy (non-hydrogen) atoms. The Hall–Kier alpha value is -7.80. The maximum atomic E-state index is 14.9. The third kappa shape index (κ3) is 17.9. The van der Waals surface area contributed by atoms with Gasteiger partial charge in [-0.2, -0.15) is 0 Å². The van der Waals surface area contributed by atoms with Crippen molar-refractivity contribution in [2.45, 2.75) is 273 Å². The van der Waals surface area contributed by atoms with Crippen LogP contribution in [0.25, 0.3) is 21.8 Å². The molecule has 2 aromatic heterocycles. The van der Waals surface area contributed by atoms with Gasteiger partial charge in [0.15, 0.2) is 11.6 Å². The van der Waals surface area contributed by atoms with Crippen LogP contribution in [0.3, 0.4) is 0 Å². The summed E-state index contributed by atoms with van der Waals surface area (Å²) in [6.07, 6.45) is 22.6. The lowest BCUT2D eigenvalue weighted by molar-refractivity contribution is -0.158. The van der Waals surface area contributed by atoms with E-state index in [1.54, 1.807) is 24.2 Å². The maximum absolute atomic E-state index is 14.9. The summed E-state index contributed by atoms with van der Waals surface area (Å²) in [5.74, 6) is -3.09. The summed E-state index contributed by atoms with van der Waals surface area (Å²) in [5.41, 5.74) is 0.160. The van der Waals surface area contributed by atoms with Gasteiger partial charge in [0.25, 0.3) is 0 Å². The SMILES string of the molecule is C=C[C@@H]1C[C@]1(CC(=O)[C@@H]1C[C@@H]2CN1C(=O)[C@H](C(C)(C)C)CC(=O)OC1CCC[C@H]1CCCCCc1nc3ccc(OC)cc3cc1O2)C(=O)NS(=O)(=O)C1CC1.C=C[C@@H]1C[C@]1(CC(=O)[C@@H]1C[C@@H]2CN1C(=O)[C@H](C1CCCC1)CC(=O)OC1CCC[C@H]1CCCCCc1nc3ccccc3cc1O2)C(=O)NS(=O)(=O)C1CC1. The van der Waals surface area contributed by atoms with E-state index in [9.17, 15) is 55.2 Å². The van der Waals surface area contributed by atoms with E-state index in [1.165, 1.54) is 4.90 Å². The van der Waals surface area contributed by atoms with E-state index in [4.69, 9.17) is 33.7 Å². The van der Waals surface area contributed by atoms with Crippen LogP contribution in [0.5, 0.6) is 17.2 Å². The number of carbonyl (C=O) groups excluding carboxylic acids is 8. The number of nitrogens with zero attached hydrogens (tertiary/aromatic N) is 4. The third-order valence-electron chi connectivity index (χ3n) is 26.5. The van der Waals surface area contributed by atoms with Gasteiger partial charge in [-0.25, -0.2) is 26.8 Å². The second-order valence-electron chi connectivity index (χ2n) is 35.2. The summed E-state index contributed by atoms with van der Waals surface area (Å²) >= 11 is 0. The van der Waals surface area contributed by atoms with Gasteiger partial charge in [-0.3, -0.25) is 47.8 Å². The highest BCUT2D eigenvalue weighted by atomic mass is 32.2. The molecule has 4 aliphatic heterocycles. The number of Topliss-reactive ketones (excluding diaryl/α,β-unsaturated/α-hetero) is 2. The van der Waals surface area contributed by atoms with Crippen LogP contribution in [0.4, 0.5) is 0 Å². The lowest BCUT2D eigenvalue weighted by Gasteiger charge is -2.35. The summed E-state index contributed by atoms with van der Waals surface area (Å²) in [4.78, 5) is 127. The van der Waals surface area contributed by atoms with Crippen molar-refractivity contribution in [3.8, 4) is 17.2 Å². The Morgan fingerprint density at radius 1 is 0.550 bits per heavy atom. The Morgan fingerprint density at radius 3 is 1.50 bits per heavy atom. The predicted molar refractivity (Wildman–Crippen MR) is 416 cm³/mol. The second-order valence-corrected chi connectivity index (χ2v) is 39.2. The zero-order valence-electron chi connectivity index (χ0n) is 65.0. The van der Waals surface area contributed by atoms with E-state index < -0.39 is 101 Å². The molecule has 0 radical (unpaired) electrons. The minimum Gasteiger partial charge on any atom is -0.497 e. The number of sulfonamides is 2. The molecule has 0 spiro atoms. The number of amides is 4. The first-order chi connectivity index (χ1) is 53.2. The molecule has 25 heteroatoms. The molecule has 4 aromatic rings. The van der Waals surface area contributed by atoms with Crippen molar-refractivity contribution in [2.24, 2.45) is 57.7 Å². The fraction of sp³-hybridized carbons (Fsp3) is 0.651. The van der Waals surface area contributed by atoms with Crippen LogP contribution in [0, 0.1) is 57.7 Å². The van der Waals surface area contributed by atoms with Crippen molar-refractivity contribution in [1.29, 1.82) is 0 Å². The second kappa shape index (κ2) is 33.0. The van der Waals surface area contributed by atoms with Crippen molar-refractivity contribution in [1.82, 2.24) is 29.2 Å². The van der Waals surface area contributed by atoms with Gasteiger partial charge in [-0.1, -0.05) is 89.6 Å². The number of nitrogens with one attached hydrogen (secondary N) is 2. The Morgan fingerprint density at radius 2 is 1.01 bits per heavy atom. The van der Waals surface area contributed by atoms with Gasteiger partial charge in [-0.15, -0.1) is 13.2 Å². The van der Waals surface area contributed by atoms with Gasteiger partial charge in [0, 0.05) is 36.5 Å². The number of rotatable bonds is 16. The fourth-order valence-electron chi connectivity index (χ4n) is 19.3. The molecule has 11 aliphatic rings. The van der Waals surface area contributed by atoms with Crippen molar-refractivity contribution >= 4 is 89.0 Å². The molecule has 9 fully saturated rings. The number of carbonyl (C=O) groups is 8. The molecule has 14 atom stereocenters. The minimum absolute atomic E-state index is 0.00430. The average molecular weight is 1570 g/mol. The number of esters is 2. The summed E-state index contributed by atoms with van der Waals surface area (Å²) in [7, 11) is -6.07. The smallest absolute Gasteiger partial charge is 0.306 e. The van der Waals surface area contributed by atoms with Crippen molar-refractivity contribution in [2.75, 3.05) is 20.2 Å². The molecule has 7 aliphatic carbocycles. The highest BCUT2D eigenvalue weighted by molar-refractivity contribution is 7.91. The number of pyridine rings is 2. The van der Waals surface area contributed by atoms with E-state index >= 15 is 0 Å². The summed E-state index contributed by atoms with van der Waals surface area (Å²) in [5, 5.41) is 0.584. The topological polar surface area (TPSA) is 307 Å². The Labute approximate surface area is 653 Å². The molecule has 15 rings (SSSR count). The van der Waals surface area contributed by atoms with Gasteiger partial charge >= 0.3 is 11.9 Å². The average Bonchev–Trinajstić information content (AvgIpc) is 1.58. The molecule has 23 nitrogen and oxygen atoms in total. The van der Waals surface area contributed by atoms with Crippen LogP contribution >= 0.6 is 0 Å². The highest BCUT2D eigenvalue weighted by Crippen LogP contribution is 2.59. The number of fused-ring (bicyclic) bond motifs is 10. The first-order valence-corrected chi connectivity index (χ1v) is 44.4. The molecule has 4 bridgehead atoms. The highest BCUT2D eigenvalue weighted by Gasteiger charge is 2.63. The molecule has 4 amide bonds. The number of ether oxygens (including phenoxy) is 5. The maximum Gasteiger partial charge on any atom is 0.306 e. The summed E-state index contributed by atoms with van der Waals surface area (Å²) in [6, 6.07) is 15.7. The number of hydrogen-bond donors (Lipinski definition) is 2. The number of methoxy groups -OCH3 is 1. The van der Waals surface area contributed by atoms with E-state index in [-0.39, 0.29) is 123 Å². The van der Waals surface area contributed by atoms with Crippen LogP contribution in [-0.4, -0.2) is 151 Å². The number of aryl methyl sites for hydroxylation is 2. The largest absolute Gasteiger partial charge is 0.497 e. The van der Waals surface area contributed by atoms with Crippen molar-refractivity contribution in [3.05, 3.63) is 91.3 Å². The van der Waals surface area contributed by atoms with Gasteiger partial charge in [-0.05, 0) is 200 Å². The van der Waals surface area contributed by atoms with E-state index in [0.29, 0.717) is 61.7 Å². The Kier molecular flexibility index (Phi) is 23.7. The van der Waals surface area contributed by atoms with Gasteiger partial charge in [0.2, 0.25) is 43.7 Å². The van der Waals surface area contributed by atoms with Crippen LogP contribution in [0.2, 0.25) is 0 Å². The van der Waals surface area contributed by atoms with Gasteiger partial charge in [0.1, 0.15) is 41.7 Å². The van der Waals surface area contributed by atoms with Crippen LogP contribution in [0.1, 0.15) is 225 Å². The first kappa shape index (κ1) is 79.8. The minimum atomic E-state index is -3.85. The zero-order valence-corrected chi connectivity index (χ0v) is 66.6. The molecule has 7 saturated carbocycles. The molecule has 600 valence electrons. The van der Waals surface area contributed by atoms with E-state index in [2.05, 4.69) is 22.6 Å². The van der Waals surface area contributed by atoms with E-state index in [1.807, 2.05) is 75.4 Å². The number of ketones is 2. The normalized spacial score (nSPS) is 31.2. The predicted octanol–water partition coefficient (Wildman–Crippen LogP) is 12.6. The zero-order chi connectivity index (χ0) is 78.3. The summed E-state index contributed by atoms with van der Waals surface area (Å²) in [6.45, 7) is 13.7. The standard InChI is InChI=1S/C43H57N3O9S.C43H55N3O8S/c1-6-28-23-43(28,41(50)45-56(51,52)31-16-17-31)24-36(47)35-21-30-25-46(35)40(49)32(42(2,3)4)22-39(48)55-37-14-10-12-26(37)11-8-7-9-13-34-38(54-30)20-27-19-29(53-5)15-18-33(27)44-34;1-2-30-24-43(30,42(50)45-55(51,52)32-19-20-32)25-37(47)36-22-31-26-46(36)41(49)33(27-11-6-7-12-27)23-40(48)54-38-18-10-15-28(38)13-4-3-5-17-35-39(53-31)21-29-14-8-9-16-34(29)44-35/h6,15,18-20,26,28,30-32,35,37H,1,7-14,16-17,21-25H2,2-5H3,(H,45,50);2,8-9,14,16,21,27-28,30-33,36,38H,1,3-7,10-13,15,17-20,22-26H2,(H,45,50)/t26-,28-,30-,32-,35+,37?,43-;28-,30-,31-,33+,36+,38?,43-/m11/s1. The number of aromatic nitrogens is 2. The van der Waals surface area contributed by atoms with Gasteiger partial charge in [0.05, 0.1) is 101 Å². The van der Waals surface area contributed by atoms with Crippen molar-refractivity contribution in [3.63, 3.8) is 0 Å². The van der Waals surface area contributed by atoms with Crippen LogP contribution in [0.15, 0.2) is 79.9 Å². The Bertz CT molecular complexity index is 4490.